The third-order valence-corrected chi connectivity index (χ3v) is 2.08. The number of benzene rings is 1. The Morgan fingerprint density at radius 1 is 1.31 bits per heavy atom. The fourth-order valence-electron chi connectivity index (χ4n) is 1.34. The molecule has 0 saturated carbocycles. The molecule has 0 aliphatic rings. The Morgan fingerprint density at radius 2 is 1.81 bits per heavy atom. The summed E-state index contributed by atoms with van der Waals surface area (Å²) in [5.74, 6) is -2.49. The number of carboxylic acids is 1. The maximum absolute atomic E-state index is 12.5. The number of aliphatic carboxylic acids is 1. The maximum Gasteiger partial charge on any atom is 0.337 e. The largest absolute Gasteiger partial charge is 0.507 e. The number of aromatic hydroxyl groups is 1. The lowest BCUT2D eigenvalue weighted by atomic mass is 10.0. The van der Waals surface area contributed by atoms with Gasteiger partial charge in [0.25, 0.3) is 6.43 Å². The molecule has 0 amide bonds. The Hall–Kier alpha value is -1.69. The van der Waals surface area contributed by atoms with Gasteiger partial charge in [0.1, 0.15) is 5.75 Å². The Balaban J connectivity index is 3.35. The number of carbonyl (C=O) groups is 1. The highest BCUT2D eigenvalue weighted by Gasteiger charge is 2.24. The zero-order valence-electron chi connectivity index (χ0n) is 8.32. The zero-order valence-corrected chi connectivity index (χ0v) is 8.32. The Bertz CT molecular complexity index is 418. The lowest BCUT2D eigenvalue weighted by molar-refractivity contribution is -0.147. The van der Waals surface area contributed by atoms with Crippen molar-refractivity contribution in [1.82, 2.24) is 0 Å². The van der Waals surface area contributed by atoms with Crippen LogP contribution in [0.3, 0.4) is 0 Å². The first-order valence-electron chi connectivity index (χ1n) is 4.37. The van der Waals surface area contributed by atoms with Crippen LogP contribution in [0.5, 0.6) is 5.75 Å². The summed E-state index contributed by atoms with van der Waals surface area (Å²) in [7, 11) is 0. The number of aliphatic hydroxyl groups is 1. The van der Waals surface area contributed by atoms with Crippen LogP contribution in [0.4, 0.5) is 8.78 Å². The number of rotatable bonds is 3. The first-order valence-corrected chi connectivity index (χ1v) is 4.37. The molecule has 0 saturated heterocycles. The molecular formula is C10H10F2O4. The van der Waals surface area contributed by atoms with Gasteiger partial charge in [-0.2, -0.15) is 0 Å². The summed E-state index contributed by atoms with van der Waals surface area (Å²) < 4.78 is 24.9. The van der Waals surface area contributed by atoms with Crippen molar-refractivity contribution in [3.8, 4) is 5.75 Å². The number of hydrogen-bond donors (Lipinski definition) is 3. The number of aliphatic hydroxyl groups excluding tert-OH is 1. The van der Waals surface area contributed by atoms with Gasteiger partial charge in [-0.25, -0.2) is 13.6 Å². The molecule has 0 aromatic heterocycles. The summed E-state index contributed by atoms with van der Waals surface area (Å²) in [6.45, 7) is 1.46. The molecule has 1 aromatic carbocycles. The molecule has 1 atom stereocenters. The molecule has 88 valence electrons. The zero-order chi connectivity index (χ0) is 12.5. The van der Waals surface area contributed by atoms with Gasteiger partial charge in [0.15, 0.2) is 6.10 Å². The average Bonchev–Trinajstić information content (AvgIpc) is 2.19. The van der Waals surface area contributed by atoms with Crippen molar-refractivity contribution in [1.29, 1.82) is 0 Å². The molecule has 0 bridgehead atoms. The number of carboxylic acid groups (broad SMARTS) is 1. The molecule has 1 rings (SSSR count). The van der Waals surface area contributed by atoms with Crippen molar-refractivity contribution in [2.24, 2.45) is 0 Å². The van der Waals surface area contributed by atoms with Gasteiger partial charge in [0.05, 0.1) is 5.56 Å². The van der Waals surface area contributed by atoms with E-state index in [-0.39, 0.29) is 0 Å². The fraction of sp³-hybridized carbons (Fsp3) is 0.300. The molecular weight excluding hydrogens is 222 g/mol. The van der Waals surface area contributed by atoms with Gasteiger partial charge in [-0.15, -0.1) is 0 Å². The molecule has 4 nitrogen and oxygen atoms in total. The molecule has 1 unspecified atom stereocenters. The van der Waals surface area contributed by atoms with E-state index < -0.39 is 35.4 Å². The van der Waals surface area contributed by atoms with Crippen LogP contribution in [0.1, 0.15) is 29.2 Å². The molecule has 0 fully saturated rings. The molecule has 0 aliphatic carbocycles. The van der Waals surface area contributed by atoms with Crippen molar-refractivity contribution < 1.29 is 28.9 Å². The van der Waals surface area contributed by atoms with Gasteiger partial charge in [-0.05, 0) is 24.6 Å². The van der Waals surface area contributed by atoms with Crippen LogP contribution >= 0.6 is 0 Å². The van der Waals surface area contributed by atoms with Crippen molar-refractivity contribution >= 4 is 5.97 Å². The molecule has 16 heavy (non-hydrogen) atoms. The summed E-state index contributed by atoms with van der Waals surface area (Å²) in [4.78, 5) is 10.5. The second-order valence-electron chi connectivity index (χ2n) is 3.33. The van der Waals surface area contributed by atoms with Crippen molar-refractivity contribution in [3.63, 3.8) is 0 Å². The van der Waals surface area contributed by atoms with E-state index in [0.717, 1.165) is 12.1 Å². The van der Waals surface area contributed by atoms with Crippen molar-refractivity contribution in [2.45, 2.75) is 19.5 Å². The van der Waals surface area contributed by atoms with E-state index in [4.69, 9.17) is 5.11 Å². The van der Waals surface area contributed by atoms with Gasteiger partial charge in [-0.1, -0.05) is 0 Å². The van der Waals surface area contributed by atoms with Crippen LogP contribution < -0.4 is 0 Å². The number of aryl methyl sites for hydroxylation is 1. The van der Waals surface area contributed by atoms with Crippen LogP contribution in [0.15, 0.2) is 12.1 Å². The minimum absolute atomic E-state index is 0.336. The van der Waals surface area contributed by atoms with Gasteiger partial charge in [0.2, 0.25) is 0 Å². The summed E-state index contributed by atoms with van der Waals surface area (Å²) in [5.41, 5.74) is -0.776. The second kappa shape index (κ2) is 4.44. The molecule has 1 aromatic rings. The molecule has 3 N–H and O–H groups in total. The van der Waals surface area contributed by atoms with E-state index in [9.17, 15) is 23.8 Å². The lowest BCUT2D eigenvalue weighted by Gasteiger charge is -2.13. The predicted molar refractivity (Wildman–Crippen MR) is 50.4 cm³/mol. The first-order chi connectivity index (χ1) is 7.34. The minimum Gasteiger partial charge on any atom is -0.507 e. The first kappa shape index (κ1) is 12.4. The Kier molecular flexibility index (Phi) is 3.44. The van der Waals surface area contributed by atoms with E-state index in [1.54, 1.807) is 0 Å². The highest BCUT2D eigenvalue weighted by Crippen LogP contribution is 2.35. The average molecular weight is 232 g/mol. The highest BCUT2D eigenvalue weighted by molar-refractivity contribution is 5.75. The normalized spacial score (nSPS) is 12.8. The standard InChI is InChI=1S/C10H10F2O4/c1-4-2-5(8(14)10(15)16)7(13)6(3-4)9(11)12/h2-3,8-9,13-14H,1H3,(H,15,16). The van der Waals surface area contributed by atoms with Crippen LogP contribution in [0, 0.1) is 6.92 Å². The third-order valence-electron chi connectivity index (χ3n) is 2.08. The van der Waals surface area contributed by atoms with E-state index in [1.807, 2.05) is 0 Å². The summed E-state index contributed by atoms with van der Waals surface area (Å²) in [6.07, 6.45) is -4.95. The minimum atomic E-state index is -2.93. The summed E-state index contributed by atoms with van der Waals surface area (Å²) in [5, 5.41) is 27.1. The van der Waals surface area contributed by atoms with E-state index in [2.05, 4.69) is 0 Å². The second-order valence-corrected chi connectivity index (χ2v) is 3.33. The van der Waals surface area contributed by atoms with Gasteiger partial charge >= 0.3 is 5.97 Å². The van der Waals surface area contributed by atoms with Crippen LogP contribution in [-0.2, 0) is 4.79 Å². The topological polar surface area (TPSA) is 77.8 Å². The van der Waals surface area contributed by atoms with Gasteiger partial charge in [-0.3, -0.25) is 0 Å². The van der Waals surface area contributed by atoms with Gasteiger partial charge < -0.3 is 15.3 Å². The van der Waals surface area contributed by atoms with Gasteiger partial charge in [0, 0.05) is 5.56 Å². The number of phenols is 1. The Morgan fingerprint density at radius 3 is 2.25 bits per heavy atom. The van der Waals surface area contributed by atoms with Crippen LogP contribution in [-0.4, -0.2) is 21.3 Å². The number of alkyl halides is 2. The Labute approximate surface area is 89.8 Å². The highest BCUT2D eigenvalue weighted by atomic mass is 19.3. The predicted octanol–water partition coefficient (Wildman–Crippen LogP) is 1.76. The quantitative estimate of drug-likeness (QED) is 0.742. The lowest BCUT2D eigenvalue weighted by Crippen LogP contribution is -2.11. The van der Waals surface area contributed by atoms with E-state index >= 15 is 0 Å². The SMILES string of the molecule is Cc1cc(C(F)F)c(O)c(C(O)C(=O)O)c1. The van der Waals surface area contributed by atoms with Crippen LogP contribution in [0.2, 0.25) is 0 Å². The summed E-state index contributed by atoms with van der Waals surface area (Å²) >= 11 is 0. The molecule has 0 aliphatic heterocycles. The number of phenolic OH excluding ortho intramolecular Hbond substituents is 1. The number of hydrogen-bond acceptors (Lipinski definition) is 3. The number of halogens is 2. The smallest absolute Gasteiger partial charge is 0.337 e. The molecule has 0 spiro atoms. The molecule has 0 heterocycles. The van der Waals surface area contributed by atoms with Crippen LogP contribution in [0.25, 0.3) is 0 Å². The fourth-order valence-corrected chi connectivity index (χ4v) is 1.34. The monoisotopic (exact) mass is 232 g/mol. The summed E-state index contributed by atoms with van der Waals surface area (Å²) in [6, 6.07) is 2.19. The van der Waals surface area contributed by atoms with E-state index in [1.165, 1.54) is 6.92 Å². The van der Waals surface area contributed by atoms with Crippen molar-refractivity contribution in [3.05, 3.63) is 28.8 Å². The maximum atomic E-state index is 12.5. The molecule has 6 heteroatoms. The van der Waals surface area contributed by atoms with Crippen molar-refractivity contribution in [2.75, 3.05) is 0 Å². The molecule has 0 radical (unpaired) electrons. The third kappa shape index (κ3) is 2.27. The van der Waals surface area contributed by atoms with E-state index in [0.29, 0.717) is 5.56 Å².